The van der Waals surface area contributed by atoms with Crippen molar-refractivity contribution in [2.75, 3.05) is 6.61 Å². The maximum atomic E-state index is 11.3. The molecule has 0 saturated carbocycles. The molecule has 0 aromatic heterocycles. The summed E-state index contributed by atoms with van der Waals surface area (Å²) in [5, 5.41) is 0. The lowest BCUT2D eigenvalue weighted by molar-refractivity contribution is -0.144. The standard InChI is InChI=1S/C12H20O3/c1-3-4-5-6-7-10-8-15-12(14)11(10)9(2)13/h10-11H,3-8H2,1-2H3/t10-,11+/m0/s1. The van der Waals surface area contributed by atoms with E-state index in [1.54, 1.807) is 0 Å². The Morgan fingerprint density at radius 1 is 1.40 bits per heavy atom. The lowest BCUT2D eigenvalue weighted by Gasteiger charge is -2.11. The van der Waals surface area contributed by atoms with E-state index in [2.05, 4.69) is 6.92 Å². The van der Waals surface area contributed by atoms with Crippen molar-refractivity contribution in [2.45, 2.75) is 46.0 Å². The molecule has 0 aromatic carbocycles. The van der Waals surface area contributed by atoms with E-state index in [0.717, 1.165) is 12.8 Å². The Labute approximate surface area is 91.2 Å². The fourth-order valence-electron chi connectivity index (χ4n) is 2.15. The van der Waals surface area contributed by atoms with Gasteiger partial charge in [0.2, 0.25) is 0 Å². The summed E-state index contributed by atoms with van der Waals surface area (Å²) in [7, 11) is 0. The molecular weight excluding hydrogens is 192 g/mol. The van der Waals surface area contributed by atoms with Crippen molar-refractivity contribution < 1.29 is 14.3 Å². The number of esters is 1. The minimum atomic E-state index is -0.480. The number of carbonyl (C=O) groups is 2. The molecule has 1 aliphatic rings. The van der Waals surface area contributed by atoms with Gasteiger partial charge in [0, 0.05) is 5.92 Å². The van der Waals surface area contributed by atoms with E-state index in [1.807, 2.05) is 0 Å². The van der Waals surface area contributed by atoms with Crippen LogP contribution in [0.1, 0.15) is 46.0 Å². The summed E-state index contributed by atoms with van der Waals surface area (Å²) in [5.74, 6) is -0.709. The third-order valence-corrected chi connectivity index (χ3v) is 3.03. The van der Waals surface area contributed by atoms with E-state index in [0.29, 0.717) is 6.61 Å². The highest BCUT2D eigenvalue weighted by atomic mass is 16.5. The van der Waals surface area contributed by atoms with Gasteiger partial charge in [0.25, 0.3) is 0 Å². The first-order chi connectivity index (χ1) is 7.16. The molecule has 1 fully saturated rings. The molecule has 0 amide bonds. The van der Waals surface area contributed by atoms with E-state index < -0.39 is 5.92 Å². The third-order valence-electron chi connectivity index (χ3n) is 3.03. The van der Waals surface area contributed by atoms with Crippen molar-refractivity contribution >= 4 is 11.8 Å². The van der Waals surface area contributed by atoms with Gasteiger partial charge in [-0.05, 0) is 13.3 Å². The van der Waals surface area contributed by atoms with Crippen LogP contribution < -0.4 is 0 Å². The van der Waals surface area contributed by atoms with E-state index in [4.69, 9.17) is 4.74 Å². The number of Topliss-reactive ketones (excluding diaryl/α,β-unsaturated/α-hetero) is 1. The topological polar surface area (TPSA) is 43.4 Å². The molecule has 15 heavy (non-hydrogen) atoms. The average Bonchev–Trinajstić information content (AvgIpc) is 2.54. The van der Waals surface area contributed by atoms with Crippen LogP contribution in [0.2, 0.25) is 0 Å². The van der Waals surface area contributed by atoms with Crippen LogP contribution in [-0.4, -0.2) is 18.4 Å². The summed E-state index contributed by atoms with van der Waals surface area (Å²) >= 11 is 0. The summed E-state index contributed by atoms with van der Waals surface area (Å²) in [6.45, 7) is 4.09. The van der Waals surface area contributed by atoms with Crippen LogP contribution >= 0.6 is 0 Å². The Hall–Kier alpha value is -0.860. The average molecular weight is 212 g/mol. The summed E-state index contributed by atoms with van der Waals surface area (Å²) in [6.07, 6.45) is 5.66. The van der Waals surface area contributed by atoms with Gasteiger partial charge in [-0.3, -0.25) is 9.59 Å². The van der Waals surface area contributed by atoms with E-state index >= 15 is 0 Å². The predicted molar refractivity (Wildman–Crippen MR) is 57.4 cm³/mol. The van der Waals surface area contributed by atoms with Crippen LogP contribution in [0.25, 0.3) is 0 Å². The van der Waals surface area contributed by atoms with Crippen LogP contribution in [0.15, 0.2) is 0 Å². The molecule has 2 atom stereocenters. The number of cyclic esters (lactones) is 1. The van der Waals surface area contributed by atoms with Gasteiger partial charge in [-0.25, -0.2) is 0 Å². The van der Waals surface area contributed by atoms with Crippen LogP contribution in [0.4, 0.5) is 0 Å². The molecule has 3 heteroatoms. The number of hydrogen-bond donors (Lipinski definition) is 0. The first-order valence-electron chi connectivity index (χ1n) is 5.84. The molecule has 0 aromatic rings. The molecule has 1 rings (SSSR count). The Morgan fingerprint density at radius 3 is 2.73 bits per heavy atom. The number of carbonyl (C=O) groups excluding carboxylic acids is 2. The van der Waals surface area contributed by atoms with Gasteiger partial charge >= 0.3 is 5.97 Å². The zero-order chi connectivity index (χ0) is 11.3. The van der Waals surface area contributed by atoms with Crippen LogP contribution in [0, 0.1) is 11.8 Å². The first-order valence-corrected chi connectivity index (χ1v) is 5.84. The highest BCUT2D eigenvalue weighted by Crippen LogP contribution is 2.27. The van der Waals surface area contributed by atoms with Crippen LogP contribution in [0.5, 0.6) is 0 Å². The second-order valence-corrected chi connectivity index (χ2v) is 4.33. The SMILES string of the molecule is CCCCCC[C@H]1COC(=O)[C@@H]1C(C)=O. The van der Waals surface area contributed by atoms with Crippen molar-refractivity contribution in [3.63, 3.8) is 0 Å². The number of rotatable bonds is 6. The first kappa shape index (κ1) is 12.2. The fraction of sp³-hybridized carbons (Fsp3) is 0.833. The fourth-order valence-corrected chi connectivity index (χ4v) is 2.15. The van der Waals surface area contributed by atoms with Gasteiger partial charge in [0.15, 0.2) is 0 Å². The lowest BCUT2D eigenvalue weighted by atomic mass is 9.88. The maximum Gasteiger partial charge on any atom is 0.316 e. The van der Waals surface area contributed by atoms with Crippen molar-refractivity contribution in [3.05, 3.63) is 0 Å². The van der Waals surface area contributed by atoms with Crippen molar-refractivity contribution in [1.82, 2.24) is 0 Å². The highest BCUT2D eigenvalue weighted by Gasteiger charge is 2.39. The number of ketones is 1. The Bertz CT molecular complexity index is 235. The quantitative estimate of drug-likeness (QED) is 0.385. The monoisotopic (exact) mass is 212 g/mol. The van der Waals surface area contributed by atoms with Gasteiger partial charge in [-0.15, -0.1) is 0 Å². The highest BCUT2D eigenvalue weighted by molar-refractivity contribution is 5.99. The predicted octanol–water partition coefficient (Wildman–Crippen LogP) is 2.33. The summed E-state index contributed by atoms with van der Waals surface area (Å²) in [6, 6.07) is 0. The molecule has 0 bridgehead atoms. The molecule has 1 heterocycles. The summed E-state index contributed by atoms with van der Waals surface area (Å²) in [4.78, 5) is 22.5. The van der Waals surface area contributed by atoms with Gasteiger partial charge in [-0.2, -0.15) is 0 Å². The van der Waals surface area contributed by atoms with Gasteiger partial charge in [0.1, 0.15) is 11.7 Å². The van der Waals surface area contributed by atoms with Gasteiger partial charge in [0.05, 0.1) is 6.61 Å². The summed E-state index contributed by atoms with van der Waals surface area (Å²) < 4.78 is 4.94. The van der Waals surface area contributed by atoms with E-state index in [-0.39, 0.29) is 17.7 Å². The molecule has 1 saturated heterocycles. The Kier molecular flexibility index (Phi) is 4.79. The van der Waals surface area contributed by atoms with E-state index in [9.17, 15) is 9.59 Å². The molecule has 86 valence electrons. The number of hydrogen-bond acceptors (Lipinski definition) is 3. The second-order valence-electron chi connectivity index (χ2n) is 4.33. The third kappa shape index (κ3) is 3.33. The molecule has 3 nitrogen and oxygen atoms in total. The summed E-state index contributed by atoms with van der Waals surface area (Å²) in [5.41, 5.74) is 0. The maximum absolute atomic E-state index is 11.3. The van der Waals surface area contributed by atoms with Crippen LogP contribution in [-0.2, 0) is 14.3 Å². The van der Waals surface area contributed by atoms with Crippen LogP contribution in [0.3, 0.4) is 0 Å². The largest absolute Gasteiger partial charge is 0.465 e. The number of ether oxygens (including phenoxy) is 1. The normalized spacial score (nSPS) is 25.3. The molecule has 0 radical (unpaired) electrons. The molecule has 0 spiro atoms. The van der Waals surface area contributed by atoms with Crippen molar-refractivity contribution in [3.8, 4) is 0 Å². The smallest absolute Gasteiger partial charge is 0.316 e. The zero-order valence-corrected chi connectivity index (χ0v) is 9.62. The van der Waals surface area contributed by atoms with Crippen molar-refractivity contribution in [1.29, 1.82) is 0 Å². The second kappa shape index (κ2) is 5.89. The molecular formula is C12H20O3. The van der Waals surface area contributed by atoms with Crippen molar-refractivity contribution in [2.24, 2.45) is 11.8 Å². The lowest BCUT2D eigenvalue weighted by Crippen LogP contribution is -2.23. The molecule has 0 unspecified atom stereocenters. The Balaban J connectivity index is 2.34. The molecule has 0 N–H and O–H groups in total. The van der Waals surface area contributed by atoms with Gasteiger partial charge in [-0.1, -0.05) is 32.6 Å². The minimum absolute atomic E-state index is 0.0435. The molecule has 1 aliphatic heterocycles. The molecule has 0 aliphatic carbocycles. The minimum Gasteiger partial charge on any atom is -0.465 e. The van der Waals surface area contributed by atoms with E-state index in [1.165, 1.54) is 26.2 Å². The van der Waals surface area contributed by atoms with Gasteiger partial charge < -0.3 is 4.74 Å². The Morgan fingerprint density at radius 2 is 2.13 bits per heavy atom. The zero-order valence-electron chi connectivity index (χ0n) is 9.62. The number of unbranched alkanes of at least 4 members (excludes halogenated alkanes) is 3.